The number of nitrogens with one attached hydrogen (secondary N) is 1. The second-order valence-electron chi connectivity index (χ2n) is 3.90. The van der Waals surface area contributed by atoms with Gasteiger partial charge in [0.15, 0.2) is 0 Å². The Bertz CT molecular complexity index is 525. The first-order valence-corrected chi connectivity index (χ1v) is 6.99. The van der Waals surface area contributed by atoms with E-state index in [-0.39, 0.29) is 5.91 Å². The summed E-state index contributed by atoms with van der Waals surface area (Å²) in [5, 5.41) is 2.89. The lowest BCUT2D eigenvalue weighted by molar-refractivity contribution is -0.115. The molecule has 0 spiro atoms. The molecule has 2 aromatic carbocycles. The largest absolute Gasteiger partial charge is 0.326 e. The van der Waals surface area contributed by atoms with Crippen LogP contribution in [0.15, 0.2) is 59.5 Å². The standard InChI is InChI=1S/C15H15NOS/c1-18-14-10-6-5-7-12(14)11-15(17)16-13-8-3-2-4-9-13/h2-10H,11H2,1H3,(H,16,17). The van der Waals surface area contributed by atoms with Crippen molar-refractivity contribution in [1.82, 2.24) is 0 Å². The molecule has 0 saturated carbocycles. The van der Waals surface area contributed by atoms with Crippen LogP contribution < -0.4 is 5.32 Å². The van der Waals surface area contributed by atoms with Crippen molar-refractivity contribution in [3.63, 3.8) is 0 Å². The van der Waals surface area contributed by atoms with Gasteiger partial charge in [-0.3, -0.25) is 4.79 Å². The average molecular weight is 257 g/mol. The van der Waals surface area contributed by atoms with Gasteiger partial charge in [0.05, 0.1) is 6.42 Å². The highest BCUT2D eigenvalue weighted by Crippen LogP contribution is 2.20. The maximum Gasteiger partial charge on any atom is 0.228 e. The molecular weight excluding hydrogens is 242 g/mol. The maximum atomic E-state index is 11.9. The van der Waals surface area contributed by atoms with Crippen molar-refractivity contribution in [2.45, 2.75) is 11.3 Å². The van der Waals surface area contributed by atoms with Crippen LogP contribution in [-0.2, 0) is 11.2 Å². The molecule has 1 N–H and O–H groups in total. The fourth-order valence-corrected chi connectivity index (χ4v) is 2.37. The molecule has 0 atom stereocenters. The molecule has 0 radical (unpaired) electrons. The van der Waals surface area contributed by atoms with E-state index in [0.29, 0.717) is 6.42 Å². The topological polar surface area (TPSA) is 29.1 Å². The van der Waals surface area contributed by atoms with E-state index in [1.54, 1.807) is 11.8 Å². The Morgan fingerprint density at radius 3 is 2.44 bits per heavy atom. The van der Waals surface area contributed by atoms with Gasteiger partial charge in [-0.25, -0.2) is 0 Å². The lowest BCUT2D eigenvalue weighted by atomic mass is 10.1. The number of amides is 1. The van der Waals surface area contributed by atoms with Crippen molar-refractivity contribution >= 4 is 23.4 Å². The number of hydrogen-bond acceptors (Lipinski definition) is 2. The summed E-state index contributed by atoms with van der Waals surface area (Å²) < 4.78 is 0. The third-order valence-corrected chi connectivity index (χ3v) is 3.44. The van der Waals surface area contributed by atoms with Gasteiger partial charge in [0, 0.05) is 10.6 Å². The molecule has 2 nitrogen and oxygen atoms in total. The van der Waals surface area contributed by atoms with Crippen LogP contribution in [0.1, 0.15) is 5.56 Å². The summed E-state index contributed by atoms with van der Waals surface area (Å²) in [4.78, 5) is 13.1. The zero-order valence-electron chi connectivity index (χ0n) is 10.2. The van der Waals surface area contributed by atoms with Gasteiger partial charge in [-0.2, -0.15) is 0 Å². The second-order valence-corrected chi connectivity index (χ2v) is 4.75. The van der Waals surface area contributed by atoms with Gasteiger partial charge >= 0.3 is 0 Å². The number of rotatable bonds is 4. The quantitative estimate of drug-likeness (QED) is 0.848. The van der Waals surface area contributed by atoms with Crippen LogP contribution in [0.3, 0.4) is 0 Å². The maximum absolute atomic E-state index is 11.9. The predicted octanol–water partition coefficient (Wildman–Crippen LogP) is 3.59. The van der Waals surface area contributed by atoms with E-state index in [0.717, 1.165) is 16.1 Å². The number of carbonyl (C=O) groups excluding carboxylic acids is 1. The molecule has 0 saturated heterocycles. The van der Waals surface area contributed by atoms with Crippen molar-refractivity contribution in [1.29, 1.82) is 0 Å². The van der Waals surface area contributed by atoms with E-state index in [1.807, 2.05) is 60.9 Å². The third kappa shape index (κ3) is 3.37. The number of benzene rings is 2. The number of hydrogen-bond donors (Lipinski definition) is 1. The number of thioether (sulfide) groups is 1. The summed E-state index contributed by atoms with van der Waals surface area (Å²) in [5.74, 6) is 0.0164. The summed E-state index contributed by atoms with van der Waals surface area (Å²) >= 11 is 1.66. The molecule has 0 aliphatic carbocycles. The Kier molecular flexibility index (Phi) is 4.42. The van der Waals surface area contributed by atoms with Crippen molar-refractivity contribution in [3.05, 3.63) is 60.2 Å². The molecule has 2 rings (SSSR count). The van der Waals surface area contributed by atoms with Crippen molar-refractivity contribution in [3.8, 4) is 0 Å². The molecule has 3 heteroatoms. The SMILES string of the molecule is CSc1ccccc1CC(=O)Nc1ccccc1. The minimum Gasteiger partial charge on any atom is -0.326 e. The van der Waals surface area contributed by atoms with Gasteiger partial charge < -0.3 is 5.32 Å². The average Bonchev–Trinajstić information content (AvgIpc) is 2.40. The molecule has 0 aliphatic rings. The highest BCUT2D eigenvalue weighted by molar-refractivity contribution is 7.98. The molecule has 92 valence electrons. The second kappa shape index (κ2) is 6.26. The van der Waals surface area contributed by atoms with E-state index in [2.05, 4.69) is 5.32 Å². The number of carbonyl (C=O) groups is 1. The van der Waals surface area contributed by atoms with Gasteiger partial charge in [-0.05, 0) is 30.0 Å². The molecule has 0 heterocycles. The van der Waals surface area contributed by atoms with Crippen LogP contribution in [0.2, 0.25) is 0 Å². The molecule has 0 unspecified atom stereocenters. The van der Waals surface area contributed by atoms with Gasteiger partial charge in [-0.15, -0.1) is 11.8 Å². The van der Waals surface area contributed by atoms with Crippen LogP contribution >= 0.6 is 11.8 Å². The first-order chi connectivity index (χ1) is 8.79. The number of para-hydroxylation sites is 1. The zero-order chi connectivity index (χ0) is 12.8. The third-order valence-electron chi connectivity index (χ3n) is 2.60. The predicted molar refractivity (Wildman–Crippen MR) is 77.0 cm³/mol. The Morgan fingerprint density at radius 1 is 1.06 bits per heavy atom. The van der Waals surface area contributed by atoms with Crippen molar-refractivity contribution in [2.24, 2.45) is 0 Å². The van der Waals surface area contributed by atoms with Crippen LogP contribution in [0.4, 0.5) is 5.69 Å². The monoisotopic (exact) mass is 257 g/mol. The Hall–Kier alpha value is -1.74. The van der Waals surface area contributed by atoms with Gasteiger partial charge in [0.25, 0.3) is 0 Å². The Balaban J connectivity index is 2.03. The van der Waals surface area contributed by atoms with Crippen molar-refractivity contribution < 1.29 is 4.79 Å². The van der Waals surface area contributed by atoms with Crippen molar-refractivity contribution in [2.75, 3.05) is 11.6 Å². The summed E-state index contributed by atoms with van der Waals surface area (Å²) in [6.07, 6.45) is 2.43. The molecule has 18 heavy (non-hydrogen) atoms. The highest BCUT2D eigenvalue weighted by Gasteiger charge is 2.07. The minimum absolute atomic E-state index is 0.0164. The first-order valence-electron chi connectivity index (χ1n) is 5.76. The minimum atomic E-state index is 0.0164. The van der Waals surface area contributed by atoms with E-state index in [9.17, 15) is 4.79 Å². The summed E-state index contributed by atoms with van der Waals surface area (Å²) in [6.45, 7) is 0. The van der Waals surface area contributed by atoms with E-state index in [4.69, 9.17) is 0 Å². The smallest absolute Gasteiger partial charge is 0.228 e. The summed E-state index contributed by atoms with van der Waals surface area (Å²) in [6, 6.07) is 17.5. The van der Waals surface area contributed by atoms with E-state index in [1.165, 1.54) is 0 Å². The van der Waals surface area contributed by atoms with Crippen LogP contribution in [-0.4, -0.2) is 12.2 Å². The fourth-order valence-electron chi connectivity index (χ4n) is 1.75. The molecule has 0 fully saturated rings. The molecule has 0 aromatic heterocycles. The summed E-state index contributed by atoms with van der Waals surface area (Å²) in [7, 11) is 0. The van der Waals surface area contributed by atoms with Gasteiger partial charge in [-0.1, -0.05) is 36.4 Å². The zero-order valence-corrected chi connectivity index (χ0v) is 11.0. The van der Waals surface area contributed by atoms with Crippen LogP contribution in [0.5, 0.6) is 0 Å². The Morgan fingerprint density at radius 2 is 1.72 bits per heavy atom. The van der Waals surface area contributed by atoms with E-state index < -0.39 is 0 Å². The molecule has 1 amide bonds. The summed E-state index contributed by atoms with van der Waals surface area (Å²) in [5.41, 5.74) is 1.91. The van der Waals surface area contributed by atoms with Crippen LogP contribution in [0, 0.1) is 0 Å². The van der Waals surface area contributed by atoms with Crippen LogP contribution in [0.25, 0.3) is 0 Å². The highest BCUT2D eigenvalue weighted by atomic mass is 32.2. The lowest BCUT2D eigenvalue weighted by Gasteiger charge is -2.08. The molecular formula is C15H15NOS. The first kappa shape index (κ1) is 12.7. The Labute approximate surface area is 111 Å². The fraction of sp³-hybridized carbons (Fsp3) is 0.133. The molecule has 0 aliphatic heterocycles. The van der Waals surface area contributed by atoms with E-state index >= 15 is 0 Å². The number of anilines is 1. The lowest BCUT2D eigenvalue weighted by Crippen LogP contribution is -2.14. The molecule has 0 bridgehead atoms. The van der Waals surface area contributed by atoms with Gasteiger partial charge in [0.2, 0.25) is 5.91 Å². The normalized spacial score (nSPS) is 10.1. The van der Waals surface area contributed by atoms with Gasteiger partial charge in [0.1, 0.15) is 0 Å². The molecule has 2 aromatic rings.